The maximum Gasteiger partial charge on any atom is 0.328 e. The SMILES string of the molecule is Cc1cc2c(cc1N1C(=O)c3cccc4c(CCCO)ccc(c34)C1=O)n(C)c(=O)n2C. The Kier molecular flexibility index (Phi) is 4.53. The van der Waals surface area contributed by atoms with E-state index >= 15 is 0 Å². The van der Waals surface area contributed by atoms with Gasteiger partial charge in [-0.05, 0) is 60.5 Å². The standard InChI is InChI=1S/C25H23N3O4/c1-14-12-20-21(27(3)25(32)26(20)2)13-19(14)28-23(30)17-8-4-7-16-15(6-5-11-29)9-10-18(22(16)17)24(28)31/h4,7-10,12-13,29H,5-6,11H2,1-3H3. The summed E-state index contributed by atoms with van der Waals surface area (Å²) in [7, 11) is 3.37. The van der Waals surface area contributed by atoms with Crippen LogP contribution in [-0.2, 0) is 20.5 Å². The number of hydrogen-bond acceptors (Lipinski definition) is 4. The summed E-state index contributed by atoms with van der Waals surface area (Å²) in [6.45, 7) is 1.92. The fraction of sp³-hybridized carbons (Fsp3) is 0.240. The Hall–Kier alpha value is -3.71. The molecule has 32 heavy (non-hydrogen) atoms. The summed E-state index contributed by atoms with van der Waals surface area (Å²) < 4.78 is 3.06. The van der Waals surface area contributed by atoms with E-state index in [4.69, 9.17) is 0 Å². The van der Waals surface area contributed by atoms with Gasteiger partial charge in [0.25, 0.3) is 11.8 Å². The number of aromatic nitrogens is 2. The minimum absolute atomic E-state index is 0.0817. The number of nitrogens with zero attached hydrogens (tertiary/aromatic N) is 3. The smallest absolute Gasteiger partial charge is 0.328 e. The molecule has 0 fully saturated rings. The molecule has 0 spiro atoms. The number of imide groups is 1. The van der Waals surface area contributed by atoms with Gasteiger partial charge < -0.3 is 5.11 Å². The van der Waals surface area contributed by atoms with Crippen LogP contribution in [-0.4, -0.2) is 32.7 Å². The van der Waals surface area contributed by atoms with Crippen molar-refractivity contribution in [2.24, 2.45) is 14.1 Å². The van der Waals surface area contributed by atoms with E-state index in [2.05, 4.69) is 0 Å². The molecule has 7 nitrogen and oxygen atoms in total. The van der Waals surface area contributed by atoms with Crippen molar-refractivity contribution < 1.29 is 14.7 Å². The molecule has 0 saturated heterocycles. The topological polar surface area (TPSA) is 84.5 Å². The molecule has 0 atom stereocenters. The molecule has 1 aromatic heterocycles. The zero-order chi connectivity index (χ0) is 22.7. The highest BCUT2D eigenvalue weighted by Gasteiger charge is 2.35. The lowest BCUT2D eigenvalue weighted by molar-refractivity contribution is 0.0893. The number of aryl methyl sites for hydroxylation is 4. The molecule has 0 radical (unpaired) electrons. The second-order valence-corrected chi connectivity index (χ2v) is 8.30. The van der Waals surface area contributed by atoms with Crippen molar-refractivity contribution in [1.82, 2.24) is 9.13 Å². The zero-order valence-corrected chi connectivity index (χ0v) is 18.2. The largest absolute Gasteiger partial charge is 0.396 e. The van der Waals surface area contributed by atoms with E-state index in [-0.39, 0.29) is 24.1 Å². The van der Waals surface area contributed by atoms with Crippen LogP contribution in [0.1, 0.15) is 38.3 Å². The fourth-order valence-electron chi connectivity index (χ4n) is 4.74. The van der Waals surface area contributed by atoms with Crippen LogP contribution in [0.25, 0.3) is 21.8 Å². The quantitative estimate of drug-likeness (QED) is 0.506. The summed E-state index contributed by atoms with van der Waals surface area (Å²) in [4.78, 5) is 40.7. The predicted octanol–water partition coefficient (Wildman–Crippen LogP) is 3.06. The van der Waals surface area contributed by atoms with Gasteiger partial charge in [-0.1, -0.05) is 18.2 Å². The Morgan fingerprint density at radius 1 is 0.875 bits per heavy atom. The normalized spacial score (nSPS) is 13.6. The van der Waals surface area contributed by atoms with Gasteiger partial charge in [0.2, 0.25) is 0 Å². The van der Waals surface area contributed by atoms with Crippen LogP contribution in [0.4, 0.5) is 5.69 Å². The minimum atomic E-state index is -0.379. The summed E-state index contributed by atoms with van der Waals surface area (Å²) in [5.74, 6) is -0.758. The summed E-state index contributed by atoms with van der Waals surface area (Å²) in [6.07, 6.45) is 1.28. The molecule has 1 aliphatic heterocycles. The van der Waals surface area contributed by atoms with Crippen molar-refractivity contribution in [2.45, 2.75) is 19.8 Å². The highest BCUT2D eigenvalue weighted by Crippen LogP contribution is 2.36. The van der Waals surface area contributed by atoms with Crippen molar-refractivity contribution >= 4 is 39.3 Å². The Bertz CT molecular complexity index is 1490. The van der Waals surface area contributed by atoms with Gasteiger partial charge in [0, 0.05) is 37.2 Å². The van der Waals surface area contributed by atoms with E-state index in [0.29, 0.717) is 40.6 Å². The summed E-state index contributed by atoms with van der Waals surface area (Å²) in [6, 6.07) is 12.7. The number of rotatable bonds is 4. The average molecular weight is 429 g/mol. The minimum Gasteiger partial charge on any atom is -0.396 e. The summed E-state index contributed by atoms with van der Waals surface area (Å²) in [5, 5.41) is 10.7. The lowest BCUT2D eigenvalue weighted by atomic mass is 9.89. The second kappa shape index (κ2) is 7.17. The first-order valence-electron chi connectivity index (χ1n) is 10.6. The Morgan fingerprint density at radius 3 is 2.22 bits per heavy atom. The van der Waals surface area contributed by atoms with E-state index in [1.54, 1.807) is 36.9 Å². The van der Waals surface area contributed by atoms with Crippen molar-refractivity contribution in [3.63, 3.8) is 0 Å². The molecule has 4 aromatic rings. The molecule has 7 heteroatoms. The summed E-state index contributed by atoms with van der Waals surface area (Å²) in [5.41, 5.74) is 4.39. The molecular formula is C25H23N3O4. The van der Waals surface area contributed by atoms with Crippen molar-refractivity contribution in [2.75, 3.05) is 11.5 Å². The van der Waals surface area contributed by atoms with E-state index in [1.807, 2.05) is 31.2 Å². The summed E-state index contributed by atoms with van der Waals surface area (Å²) >= 11 is 0. The molecule has 2 amide bonds. The first-order valence-corrected chi connectivity index (χ1v) is 10.6. The third kappa shape index (κ3) is 2.67. The van der Waals surface area contributed by atoms with Gasteiger partial charge >= 0.3 is 5.69 Å². The number of imidazole rings is 1. The number of carbonyl (C=O) groups excluding carboxylic acids is 2. The Balaban J connectivity index is 1.72. The molecular weight excluding hydrogens is 406 g/mol. The van der Waals surface area contributed by atoms with Gasteiger partial charge in [0.15, 0.2) is 0 Å². The van der Waals surface area contributed by atoms with Gasteiger partial charge in [-0.15, -0.1) is 0 Å². The molecule has 1 N–H and O–H groups in total. The maximum absolute atomic E-state index is 13.6. The van der Waals surface area contributed by atoms with E-state index in [1.165, 1.54) is 9.47 Å². The molecule has 3 aromatic carbocycles. The van der Waals surface area contributed by atoms with Crippen molar-refractivity contribution in [3.05, 3.63) is 75.2 Å². The fourth-order valence-corrected chi connectivity index (χ4v) is 4.74. The van der Waals surface area contributed by atoms with Crippen LogP contribution >= 0.6 is 0 Å². The lowest BCUT2D eigenvalue weighted by Crippen LogP contribution is -2.41. The molecule has 0 unspecified atom stereocenters. The van der Waals surface area contributed by atoms with E-state index in [9.17, 15) is 19.5 Å². The van der Waals surface area contributed by atoms with Gasteiger partial charge in [-0.2, -0.15) is 0 Å². The molecule has 5 rings (SSSR count). The number of anilines is 1. The van der Waals surface area contributed by atoms with E-state index < -0.39 is 0 Å². The van der Waals surface area contributed by atoms with Gasteiger partial charge in [-0.25, -0.2) is 9.69 Å². The third-order valence-electron chi connectivity index (χ3n) is 6.43. The number of aliphatic hydroxyl groups is 1. The molecule has 2 heterocycles. The second-order valence-electron chi connectivity index (χ2n) is 8.30. The molecule has 162 valence electrons. The van der Waals surface area contributed by atoms with Crippen LogP contribution < -0.4 is 10.6 Å². The van der Waals surface area contributed by atoms with Crippen LogP contribution in [0.3, 0.4) is 0 Å². The van der Waals surface area contributed by atoms with Crippen LogP contribution in [0, 0.1) is 6.92 Å². The van der Waals surface area contributed by atoms with Crippen molar-refractivity contribution in [1.29, 1.82) is 0 Å². The average Bonchev–Trinajstić information content (AvgIpc) is 2.99. The Morgan fingerprint density at radius 2 is 1.53 bits per heavy atom. The maximum atomic E-state index is 13.6. The lowest BCUT2D eigenvalue weighted by Gasteiger charge is -2.29. The Labute approximate surface area is 184 Å². The highest BCUT2D eigenvalue weighted by atomic mass is 16.3. The number of amides is 2. The zero-order valence-electron chi connectivity index (χ0n) is 18.2. The van der Waals surface area contributed by atoms with Gasteiger partial charge in [0.1, 0.15) is 0 Å². The number of carbonyl (C=O) groups is 2. The van der Waals surface area contributed by atoms with Crippen LogP contribution in [0.5, 0.6) is 0 Å². The van der Waals surface area contributed by atoms with Gasteiger partial charge in [0.05, 0.1) is 16.7 Å². The number of benzene rings is 3. The van der Waals surface area contributed by atoms with E-state index in [0.717, 1.165) is 22.0 Å². The number of fused-ring (bicyclic) bond motifs is 1. The molecule has 1 aliphatic rings. The third-order valence-corrected chi connectivity index (χ3v) is 6.43. The predicted molar refractivity (Wildman–Crippen MR) is 123 cm³/mol. The van der Waals surface area contributed by atoms with Crippen molar-refractivity contribution in [3.8, 4) is 0 Å². The monoisotopic (exact) mass is 429 g/mol. The first-order chi connectivity index (χ1) is 15.3. The number of aliphatic hydroxyl groups excluding tert-OH is 1. The van der Waals surface area contributed by atoms with Gasteiger partial charge in [-0.3, -0.25) is 18.7 Å². The highest BCUT2D eigenvalue weighted by molar-refractivity contribution is 6.36. The number of hydrogen-bond donors (Lipinski definition) is 1. The van der Waals surface area contributed by atoms with Crippen LogP contribution in [0.15, 0.2) is 47.3 Å². The molecule has 0 bridgehead atoms. The molecule has 0 saturated carbocycles. The molecule has 0 aliphatic carbocycles. The first kappa shape index (κ1) is 20.2. The van der Waals surface area contributed by atoms with Crippen LogP contribution in [0.2, 0.25) is 0 Å².